The molecule has 1 atom stereocenters. The first-order valence-corrected chi connectivity index (χ1v) is 4.59. The van der Waals surface area contributed by atoms with E-state index in [4.69, 9.17) is 14.9 Å². The molecule has 2 N–H and O–H groups in total. The Morgan fingerprint density at radius 1 is 1.07 bits per heavy atom. The molecule has 3 nitrogen and oxygen atoms in total. The topological polar surface area (TPSA) is 53.0 Å². The third-order valence-electron chi connectivity index (χ3n) is 0.958. The summed E-state index contributed by atoms with van der Waals surface area (Å²) in [6.45, 7) is 7.15. The minimum absolute atomic E-state index is 0. The van der Waals surface area contributed by atoms with Crippen LogP contribution in [0.5, 0.6) is 0 Å². The van der Waals surface area contributed by atoms with Gasteiger partial charge in [0.1, 0.15) is 0 Å². The molecular weight excluding hydrogens is 346 g/mol. The van der Waals surface area contributed by atoms with Crippen molar-refractivity contribution in [1.29, 1.82) is 0 Å². The molecule has 0 aromatic rings. The molecule has 5 heteroatoms. The van der Waals surface area contributed by atoms with Crippen molar-refractivity contribution >= 4 is 0 Å². The van der Waals surface area contributed by atoms with Gasteiger partial charge in [0.2, 0.25) is 0 Å². The Morgan fingerprint density at radius 2 is 1.33 bits per heavy atom. The zero-order valence-corrected chi connectivity index (χ0v) is 15.2. The van der Waals surface area contributed by atoms with E-state index in [-0.39, 0.29) is 86.1 Å². The standard InChI is InChI=1S/C4H8O.C3H8.C2H6O2.CH4.2Y/c1-2-4-3-5-4;1-3-2;3-1-2-4;;;/h4H,2-3H2,1H3;3H2,1-2H3;3-4H,1-2H2;1H4;;. The molecule has 0 spiro atoms. The first-order chi connectivity index (χ1) is 5.76. The van der Waals surface area contributed by atoms with Crippen LogP contribution in [-0.2, 0) is 70.2 Å². The van der Waals surface area contributed by atoms with Crippen molar-refractivity contribution in [2.75, 3.05) is 19.8 Å². The van der Waals surface area contributed by atoms with Crippen LogP contribution >= 0.6 is 0 Å². The normalized spacial score (nSPS) is 14.6. The zero-order chi connectivity index (χ0) is 9.82. The number of hydrogen-bond acceptors (Lipinski definition) is 3. The van der Waals surface area contributed by atoms with Gasteiger partial charge in [-0.15, -0.1) is 0 Å². The van der Waals surface area contributed by atoms with Crippen LogP contribution in [0.15, 0.2) is 0 Å². The van der Waals surface area contributed by atoms with E-state index in [0.717, 1.165) is 6.61 Å². The summed E-state index contributed by atoms with van der Waals surface area (Å²) in [4.78, 5) is 0. The molecule has 0 saturated carbocycles. The van der Waals surface area contributed by atoms with Gasteiger partial charge in [0, 0.05) is 65.4 Å². The molecule has 15 heavy (non-hydrogen) atoms. The Hall–Kier alpha value is 2.09. The first-order valence-electron chi connectivity index (χ1n) is 4.59. The molecule has 1 unspecified atom stereocenters. The van der Waals surface area contributed by atoms with E-state index in [1.807, 2.05) is 0 Å². The molecule has 1 rings (SSSR count). The van der Waals surface area contributed by atoms with E-state index in [0.29, 0.717) is 6.10 Å². The fraction of sp³-hybridized carbons (Fsp3) is 1.00. The molecule has 0 aliphatic carbocycles. The Balaban J connectivity index is -0.0000000313. The van der Waals surface area contributed by atoms with E-state index < -0.39 is 0 Å². The summed E-state index contributed by atoms with van der Waals surface area (Å²) in [5.74, 6) is 0. The molecule has 0 aromatic carbocycles. The molecule has 1 heterocycles. The van der Waals surface area contributed by atoms with Crippen molar-refractivity contribution in [1.82, 2.24) is 0 Å². The summed E-state index contributed by atoms with van der Waals surface area (Å²) in [5.41, 5.74) is 0. The van der Waals surface area contributed by atoms with E-state index >= 15 is 0 Å². The quantitative estimate of drug-likeness (QED) is 0.728. The number of aliphatic hydroxyl groups is 2. The van der Waals surface area contributed by atoms with Crippen LogP contribution in [0.1, 0.15) is 41.0 Å². The van der Waals surface area contributed by atoms with Gasteiger partial charge in [-0.1, -0.05) is 34.6 Å². The number of rotatable bonds is 2. The van der Waals surface area contributed by atoms with Gasteiger partial charge in [-0.05, 0) is 6.42 Å². The Bertz CT molecular complexity index is 69.7. The van der Waals surface area contributed by atoms with Crippen molar-refractivity contribution in [2.45, 2.75) is 47.1 Å². The van der Waals surface area contributed by atoms with Gasteiger partial charge in [-0.25, -0.2) is 0 Å². The number of ether oxygens (including phenoxy) is 1. The van der Waals surface area contributed by atoms with Gasteiger partial charge in [0.25, 0.3) is 0 Å². The van der Waals surface area contributed by atoms with Gasteiger partial charge in [0.15, 0.2) is 0 Å². The molecule has 1 fully saturated rings. The maximum atomic E-state index is 7.62. The Labute approximate surface area is 146 Å². The van der Waals surface area contributed by atoms with Gasteiger partial charge >= 0.3 is 0 Å². The average Bonchev–Trinajstić information content (AvgIpc) is 2.89. The first kappa shape index (κ1) is 30.3. The second-order valence-corrected chi connectivity index (χ2v) is 2.52. The summed E-state index contributed by atoms with van der Waals surface area (Å²) in [7, 11) is 0. The Kier molecular flexibility index (Phi) is 60.1. The molecule has 1 aliphatic rings. The molecule has 90 valence electrons. The van der Waals surface area contributed by atoms with E-state index in [2.05, 4.69) is 20.8 Å². The van der Waals surface area contributed by atoms with Crippen molar-refractivity contribution in [3.63, 3.8) is 0 Å². The van der Waals surface area contributed by atoms with Crippen molar-refractivity contribution in [3.05, 3.63) is 0 Å². The van der Waals surface area contributed by atoms with Crippen LogP contribution in [0, 0.1) is 0 Å². The van der Waals surface area contributed by atoms with Crippen molar-refractivity contribution in [2.24, 2.45) is 0 Å². The summed E-state index contributed by atoms with van der Waals surface area (Å²) in [6, 6.07) is 0. The van der Waals surface area contributed by atoms with Crippen LogP contribution in [0.2, 0.25) is 0 Å². The van der Waals surface area contributed by atoms with Crippen LogP contribution in [0.4, 0.5) is 0 Å². The molecule has 0 bridgehead atoms. The van der Waals surface area contributed by atoms with Gasteiger partial charge in [0.05, 0.1) is 25.9 Å². The molecule has 1 aliphatic heterocycles. The molecular formula is C10H26O3Y2. The molecule has 1 saturated heterocycles. The number of hydrogen-bond donors (Lipinski definition) is 2. The predicted molar refractivity (Wildman–Crippen MR) is 56.9 cm³/mol. The molecule has 0 amide bonds. The molecule has 0 aromatic heterocycles. The summed E-state index contributed by atoms with van der Waals surface area (Å²) in [5, 5.41) is 15.2. The Morgan fingerprint density at radius 3 is 1.33 bits per heavy atom. The summed E-state index contributed by atoms with van der Waals surface area (Å²) < 4.78 is 4.86. The summed E-state index contributed by atoms with van der Waals surface area (Å²) in [6.07, 6.45) is 3.08. The van der Waals surface area contributed by atoms with Gasteiger partial charge in [-0.3, -0.25) is 0 Å². The average molecular weight is 372 g/mol. The zero-order valence-electron chi connectivity index (χ0n) is 9.57. The predicted octanol–water partition coefficient (Wildman–Crippen LogP) is 1.81. The van der Waals surface area contributed by atoms with Crippen molar-refractivity contribution < 1.29 is 80.4 Å². The van der Waals surface area contributed by atoms with E-state index in [9.17, 15) is 0 Å². The largest absolute Gasteiger partial charge is 0.394 e. The second-order valence-electron chi connectivity index (χ2n) is 2.52. The molecule has 2 radical (unpaired) electrons. The number of epoxide rings is 1. The fourth-order valence-corrected chi connectivity index (χ4v) is 0.304. The van der Waals surface area contributed by atoms with Gasteiger partial charge in [-0.2, -0.15) is 0 Å². The number of aliphatic hydroxyl groups excluding tert-OH is 2. The third-order valence-corrected chi connectivity index (χ3v) is 0.958. The van der Waals surface area contributed by atoms with E-state index in [1.54, 1.807) is 0 Å². The minimum Gasteiger partial charge on any atom is -0.394 e. The maximum absolute atomic E-state index is 7.62. The second kappa shape index (κ2) is 29.8. The maximum Gasteiger partial charge on any atom is 0.0807 e. The van der Waals surface area contributed by atoms with Crippen LogP contribution in [-0.4, -0.2) is 36.1 Å². The van der Waals surface area contributed by atoms with Crippen LogP contribution in [0.3, 0.4) is 0 Å². The van der Waals surface area contributed by atoms with E-state index in [1.165, 1.54) is 12.8 Å². The van der Waals surface area contributed by atoms with Crippen LogP contribution < -0.4 is 0 Å². The fourth-order valence-electron chi connectivity index (χ4n) is 0.304. The van der Waals surface area contributed by atoms with Crippen molar-refractivity contribution in [3.8, 4) is 0 Å². The monoisotopic (exact) mass is 372 g/mol. The smallest absolute Gasteiger partial charge is 0.0807 e. The minimum atomic E-state index is -0.125. The SMILES string of the molecule is C.CCC.CCC1CO1.OCCO.[Y].[Y]. The summed E-state index contributed by atoms with van der Waals surface area (Å²) >= 11 is 0. The third kappa shape index (κ3) is 48.8. The van der Waals surface area contributed by atoms with Gasteiger partial charge < -0.3 is 14.9 Å². The van der Waals surface area contributed by atoms with Crippen LogP contribution in [0.25, 0.3) is 0 Å².